The van der Waals surface area contributed by atoms with E-state index in [2.05, 4.69) is 15.2 Å². The second-order valence-corrected chi connectivity index (χ2v) is 4.88. The molecule has 1 fully saturated rings. The lowest BCUT2D eigenvalue weighted by Crippen LogP contribution is -2.46. The summed E-state index contributed by atoms with van der Waals surface area (Å²) in [5, 5.41) is 2.84. The molecule has 0 bridgehead atoms. The minimum absolute atomic E-state index is 0.0299. The summed E-state index contributed by atoms with van der Waals surface area (Å²) in [6.07, 6.45) is 1.54. The number of likely N-dealkylation sites (N-methyl/N-ethyl adjacent to an activating group) is 1. The number of pyridine rings is 1. The van der Waals surface area contributed by atoms with Crippen LogP contribution in [0.3, 0.4) is 0 Å². The molecule has 0 aliphatic carbocycles. The van der Waals surface area contributed by atoms with Gasteiger partial charge in [0.1, 0.15) is 0 Å². The van der Waals surface area contributed by atoms with Gasteiger partial charge in [0.05, 0.1) is 18.3 Å². The largest absolute Gasteiger partial charge is 0.398 e. The predicted molar refractivity (Wildman–Crippen MR) is 73.0 cm³/mol. The van der Waals surface area contributed by atoms with Gasteiger partial charge in [0.25, 0.3) is 5.91 Å². The number of hydrogen-bond acceptors (Lipinski definition) is 5. The van der Waals surface area contributed by atoms with E-state index in [1.54, 1.807) is 6.07 Å². The Morgan fingerprint density at radius 2 is 2.47 bits per heavy atom. The van der Waals surface area contributed by atoms with E-state index in [1.807, 2.05) is 14.0 Å². The molecule has 1 saturated heterocycles. The molecule has 0 radical (unpaired) electrons. The Balaban J connectivity index is 1.90. The Kier molecular flexibility index (Phi) is 4.34. The number of ether oxygens (including phenoxy) is 1. The van der Waals surface area contributed by atoms with Gasteiger partial charge < -0.3 is 20.7 Å². The van der Waals surface area contributed by atoms with Gasteiger partial charge in [0, 0.05) is 37.2 Å². The Hall–Kier alpha value is -1.66. The van der Waals surface area contributed by atoms with Crippen LogP contribution in [0, 0.1) is 6.92 Å². The summed E-state index contributed by atoms with van der Waals surface area (Å²) >= 11 is 0. The summed E-state index contributed by atoms with van der Waals surface area (Å²) in [5.74, 6) is -0.207. The van der Waals surface area contributed by atoms with Crippen molar-refractivity contribution in [1.82, 2.24) is 15.2 Å². The van der Waals surface area contributed by atoms with Gasteiger partial charge in [-0.1, -0.05) is 0 Å². The molecule has 0 aromatic carbocycles. The van der Waals surface area contributed by atoms with E-state index in [9.17, 15) is 4.79 Å². The van der Waals surface area contributed by atoms with Crippen LogP contribution >= 0.6 is 0 Å². The fourth-order valence-corrected chi connectivity index (χ4v) is 2.06. The lowest BCUT2D eigenvalue weighted by atomic mass is 10.2. The third kappa shape index (κ3) is 3.65. The summed E-state index contributed by atoms with van der Waals surface area (Å²) in [5.41, 5.74) is 7.47. The van der Waals surface area contributed by atoms with Crippen molar-refractivity contribution in [2.75, 3.05) is 39.0 Å². The average molecular weight is 264 g/mol. The first-order valence-corrected chi connectivity index (χ1v) is 6.36. The zero-order valence-corrected chi connectivity index (χ0v) is 11.3. The molecule has 1 unspecified atom stereocenters. The van der Waals surface area contributed by atoms with E-state index in [-0.39, 0.29) is 12.0 Å². The fraction of sp³-hybridized carbons (Fsp3) is 0.538. The SMILES string of the molecule is Cc1cc(N)c(C(=O)NCC2CN(C)CCO2)cn1. The first kappa shape index (κ1) is 13.8. The molecule has 1 atom stereocenters. The summed E-state index contributed by atoms with van der Waals surface area (Å²) in [6, 6.07) is 1.69. The number of nitrogens with zero attached hydrogens (tertiary/aromatic N) is 2. The Bertz CT molecular complexity index is 464. The van der Waals surface area contributed by atoms with Gasteiger partial charge in [-0.3, -0.25) is 9.78 Å². The molecule has 0 saturated carbocycles. The normalized spacial score (nSPS) is 20.2. The molecule has 1 aliphatic rings. The number of rotatable bonds is 3. The van der Waals surface area contributed by atoms with E-state index in [0.717, 1.165) is 18.8 Å². The highest BCUT2D eigenvalue weighted by Gasteiger charge is 2.19. The van der Waals surface area contributed by atoms with Crippen LogP contribution in [0.5, 0.6) is 0 Å². The van der Waals surface area contributed by atoms with Crippen LogP contribution in [0.4, 0.5) is 5.69 Å². The van der Waals surface area contributed by atoms with Crippen LogP contribution < -0.4 is 11.1 Å². The molecule has 2 rings (SSSR count). The van der Waals surface area contributed by atoms with E-state index < -0.39 is 0 Å². The topological polar surface area (TPSA) is 80.5 Å². The number of nitrogens with one attached hydrogen (secondary N) is 1. The van der Waals surface area contributed by atoms with E-state index in [0.29, 0.717) is 24.4 Å². The number of aromatic nitrogens is 1. The molecule has 0 spiro atoms. The quantitative estimate of drug-likeness (QED) is 0.805. The number of amides is 1. The minimum atomic E-state index is -0.207. The van der Waals surface area contributed by atoms with E-state index >= 15 is 0 Å². The number of hydrogen-bond donors (Lipinski definition) is 2. The summed E-state index contributed by atoms with van der Waals surface area (Å²) in [4.78, 5) is 18.3. The molecular weight excluding hydrogens is 244 g/mol. The van der Waals surface area contributed by atoms with Gasteiger partial charge in [-0.15, -0.1) is 0 Å². The van der Waals surface area contributed by atoms with Gasteiger partial charge in [0.2, 0.25) is 0 Å². The van der Waals surface area contributed by atoms with Gasteiger partial charge in [0.15, 0.2) is 0 Å². The van der Waals surface area contributed by atoms with Gasteiger partial charge in [-0.2, -0.15) is 0 Å². The summed E-state index contributed by atoms with van der Waals surface area (Å²) in [7, 11) is 2.04. The van der Waals surface area contributed by atoms with Crippen LogP contribution in [0.25, 0.3) is 0 Å². The number of morpholine rings is 1. The number of aryl methyl sites for hydroxylation is 1. The third-order valence-electron chi connectivity index (χ3n) is 3.15. The van der Waals surface area contributed by atoms with Crippen LogP contribution in [-0.2, 0) is 4.74 Å². The highest BCUT2D eigenvalue weighted by molar-refractivity contribution is 5.98. The molecule has 6 heteroatoms. The number of nitrogen functional groups attached to an aromatic ring is 1. The molecule has 1 aromatic rings. The average Bonchev–Trinajstić information content (AvgIpc) is 2.36. The smallest absolute Gasteiger partial charge is 0.255 e. The van der Waals surface area contributed by atoms with Crippen molar-refractivity contribution in [3.05, 3.63) is 23.5 Å². The third-order valence-corrected chi connectivity index (χ3v) is 3.15. The predicted octanol–water partition coefficient (Wildman–Crippen LogP) is 0.0326. The monoisotopic (exact) mass is 264 g/mol. The molecule has 1 aliphatic heterocycles. The number of carbonyl (C=O) groups excluding carboxylic acids is 1. The zero-order valence-electron chi connectivity index (χ0n) is 11.3. The maximum absolute atomic E-state index is 12.0. The number of nitrogens with two attached hydrogens (primary N) is 1. The molecule has 2 heterocycles. The maximum atomic E-state index is 12.0. The Labute approximate surface area is 112 Å². The molecule has 6 nitrogen and oxygen atoms in total. The van der Waals surface area contributed by atoms with Gasteiger partial charge in [-0.05, 0) is 20.0 Å². The highest BCUT2D eigenvalue weighted by atomic mass is 16.5. The van der Waals surface area contributed by atoms with Crippen molar-refractivity contribution < 1.29 is 9.53 Å². The lowest BCUT2D eigenvalue weighted by molar-refractivity contribution is -0.0175. The van der Waals surface area contributed by atoms with Crippen LogP contribution in [0.15, 0.2) is 12.3 Å². The van der Waals surface area contributed by atoms with Crippen LogP contribution in [0.2, 0.25) is 0 Å². The van der Waals surface area contributed by atoms with Crippen molar-refractivity contribution in [1.29, 1.82) is 0 Å². The van der Waals surface area contributed by atoms with Crippen LogP contribution in [0.1, 0.15) is 16.1 Å². The van der Waals surface area contributed by atoms with Crippen molar-refractivity contribution in [2.24, 2.45) is 0 Å². The molecule has 1 aromatic heterocycles. The molecule has 19 heavy (non-hydrogen) atoms. The standard InChI is InChI=1S/C13H20N4O2/c1-9-5-12(14)11(7-15-9)13(18)16-6-10-8-17(2)3-4-19-10/h5,7,10H,3-4,6,8H2,1-2H3,(H2,14,15)(H,16,18). The first-order valence-electron chi connectivity index (χ1n) is 6.36. The lowest BCUT2D eigenvalue weighted by Gasteiger charge is -2.30. The van der Waals surface area contributed by atoms with E-state index in [4.69, 9.17) is 10.5 Å². The Morgan fingerprint density at radius 3 is 3.16 bits per heavy atom. The van der Waals surface area contributed by atoms with Crippen LogP contribution in [-0.4, -0.2) is 55.2 Å². The minimum Gasteiger partial charge on any atom is -0.398 e. The van der Waals surface area contributed by atoms with E-state index in [1.165, 1.54) is 6.20 Å². The fourth-order valence-electron chi connectivity index (χ4n) is 2.06. The second-order valence-electron chi connectivity index (χ2n) is 4.88. The summed E-state index contributed by atoms with van der Waals surface area (Å²) in [6.45, 7) is 4.77. The van der Waals surface area contributed by atoms with Gasteiger partial charge in [-0.25, -0.2) is 0 Å². The maximum Gasteiger partial charge on any atom is 0.255 e. The number of carbonyl (C=O) groups is 1. The Morgan fingerprint density at radius 1 is 1.68 bits per heavy atom. The zero-order chi connectivity index (χ0) is 13.8. The van der Waals surface area contributed by atoms with Crippen molar-refractivity contribution >= 4 is 11.6 Å². The first-order chi connectivity index (χ1) is 9.06. The van der Waals surface area contributed by atoms with Crippen molar-refractivity contribution in [2.45, 2.75) is 13.0 Å². The second kappa shape index (κ2) is 5.99. The molecular formula is C13H20N4O2. The highest BCUT2D eigenvalue weighted by Crippen LogP contribution is 2.11. The molecule has 1 amide bonds. The molecule has 104 valence electrons. The van der Waals surface area contributed by atoms with Crippen molar-refractivity contribution in [3.63, 3.8) is 0 Å². The van der Waals surface area contributed by atoms with Crippen molar-refractivity contribution in [3.8, 4) is 0 Å². The van der Waals surface area contributed by atoms with Gasteiger partial charge >= 0.3 is 0 Å². The number of anilines is 1. The summed E-state index contributed by atoms with van der Waals surface area (Å²) < 4.78 is 5.58. The molecule has 3 N–H and O–H groups in total.